The van der Waals surface area contributed by atoms with Crippen molar-refractivity contribution in [2.45, 2.75) is 18.9 Å². The maximum atomic E-state index is 14.5. The molecule has 1 saturated heterocycles. The number of carbonyl (C=O) groups excluding carboxylic acids is 1. The van der Waals surface area contributed by atoms with Crippen LogP contribution >= 0.6 is 11.3 Å². The van der Waals surface area contributed by atoms with Gasteiger partial charge in [0.05, 0.1) is 10.6 Å². The van der Waals surface area contributed by atoms with Crippen LogP contribution in [0, 0.1) is 5.82 Å². The molecule has 0 radical (unpaired) electrons. The van der Waals surface area contributed by atoms with Crippen LogP contribution in [0.15, 0.2) is 35.7 Å². The smallest absolute Gasteiger partial charge is 0.265 e. The number of piperidine rings is 1. The number of benzene rings is 1. The summed E-state index contributed by atoms with van der Waals surface area (Å²) in [5.74, 6) is -0.494. The number of halogens is 1. The quantitative estimate of drug-likeness (QED) is 0.917. The fourth-order valence-corrected chi connectivity index (χ4v) is 3.68. The minimum atomic E-state index is -0.290. The Bertz CT molecular complexity index is 694. The molecule has 4 nitrogen and oxygen atoms in total. The van der Waals surface area contributed by atoms with Gasteiger partial charge in [0.25, 0.3) is 5.91 Å². The van der Waals surface area contributed by atoms with E-state index in [1.54, 1.807) is 18.2 Å². The van der Waals surface area contributed by atoms with Crippen LogP contribution in [0.5, 0.6) is 0 Å². The summed E-state index contributed by atoms with van der Waals surface area (Å²) >= 11 is 1.36. The normalized spacial score (nSPS) is 15.8. The van der Waals surface area contributed by atoms with Crippen molar-refractivity contribution < 1.29 is 9.18 Å². The summed E-state index contributed by atoms with van der Waals surface area (Å²) in [6.45, 7) is 1.70. The van der Waals surface area contributed by atoms with E-state index in [4.69, 9.17) is 0 Å². The second-order valence-corrected chi connectivity index (χ2v) is 7.23. The van der Waals surface area contributed by atoms with Crippen molar-refractivity contribution >= 4 is 28.6 Å². The first-order valence-electron chi connectivity index (χ1n) is 8.10. The van der Waals surface area contributed by atoms with Gasteiger partial charge in [-0.2, -0.15) is 0 Å². The van der Waals surface area contributed by atoms with E-state index >= 15 is 0 Å². The third-order valence-electron chi connectivity index (χ3n) is 4.49. The molecular weight excluding hydrogens is 325 g/mol. The number of nitrogens with one attached hydrogen (secondary N) is 1. The predicted molar refractivity (Wildman–Crippen MR) is 97.6 cm³/mol. The third kappa shape index (κ3) is 3.76. The Balaban J connectivity index is 1.66. The summed E-state index contributed by atoms with van der Waals surface area (Å²) in [6.07, 6.45) is 2.06. The van der Waals surface area contributed by atoms with Gasteiger partial charge in [-0.25, -0.2) is 4.39 Å². The summed E-state index contributed by atoms with van der Waals surface area (Å²) < 4.78 is 14.5. The Labute approximate surface area is 145 Å². The lowest BCUT2D eigenvalue weighted by atomic mass is 10.0. The van der Waals surface area contributed by atoms with Crippen molar-refractivity contribution in [1.29, 1.82) is 0 Å². The molecule has 0 atom stereocenters. The van der Waals surface area contributed by atoms with Crippen molar-refractivity contribution in [2.75, 3.05) is 37.4 Å². The largest absolute Gasteiger partial charge is 0.369 e. The van der Waals surface area contributed by atoms with Crippen LogP contribution in [-0.2, 0) is 0 Å². The van der Waals surface area contributed by atoms with Crippen LogP contribution in [0.2, 0.25) is 0 Å². The van der Waals surface area contributed by atoms with Gasteiger partial charge in [0.1, 0.15) is 5.82 Å². The fraction of sp³-hybridized carbons (Fsp3) is 0.389. The maximum absolute atomic E-state index is 14.5. The van der Waals surface area contributed by atoms with E-state index < -0.39 is 0 Å². The van der Waals surface area contributed by atoms with Crippen LogP contribution in [0.1, 0.15) is 22.5 Å². The van der Waals surface area contributed by atoms with Gasteiger partial charge in [-0.3, -0.25) is 4.79 Å². The molecule has 2 aromatic rings. The van der Waals surface area contributed by atoms with Crippen LogP contribution < -0.4 is 10.2 Å². The molecule has 0 spiro atoms. The molecule has 0 saturated carbocycles. The molecule has 1 aromatic heterocycles. The summed E-state index contributed by atoms with van der Waals surface area (Å²) in [6, 6.07) is 9.06. The summed E-state index contributed by atoms with van der Waals surface area (Å²) in [7, 11) is 4.18. The molecule has 1 fully saturated rings. The molecular formula is C18H22FN3OS. The highest BCUT2D eigenvalue weighted by molar-refractivity contribution is 7.12. The SMILES string of the molecule is CN(C)C1CCN(c2ccc(NC(=O)c3cccs3)cc2F)CC1. The Hall–Kier alpha value is -1.92. The van der Waals surface area contributed by atoms with Crippen LogP contribution in [0.3, 0.4) is 0 Å². The van der Waals surface area contributed by atoms with E-state index in [1.165, 1.54) is 17.4 Å². The van der Waals surface area contributed by atoms with Crippen molar-refractivity contribution in [2.24, 2.45) is 0 Å². The average molecular weight is 347 g/mol. The maximum Gasteiger partial charge on any atom is 0.265 e. The van der Waals surface area contributed by atoms with Gasteiger partial charge in [0, 0.05) is 24.8 Å². The lowest BCUT2D eigenvalue weighted by Gasteiger charge is -2.36. The monoisotopic (exact) mass is 347 g/mol. The molecule has 0 unspecified atom stereocenters. The third-order valence-corrected chi connectivity index (χ3v) is 5.35. The molecule has 1 aliphatic rings. The number of hydrogen-bond acceptors (Lipinski definition) is 4. The zero-order chi connectivity index (χ0) is 17.1. The lowest BCUT2D eigenvalue weighted by Crippen LogP contribution is -2.42. The summed E-state index contributed by atoms with van der Waals surface area (Å²) in [4.78, 5) is 17.0. The second kappa shape index (κ2) is 7.32. The fourth-order valence-electron chi connectivity index (χ4n) is 3.06. The number of nitrogens with zero attached hydrogens (tertiary/aromatic N) is 2. The molecule has 24 heavy (non-hydrogen) atoms. The molecule has 128 valence electrons. The number of rotatable bonds is 4. The number of amides is 1. The first-order chi connectivity index (χ1) is 11.5. The average Bonchev–Trinajstić information content (AvgIpc) is 3.10. The Morgan fingerprint density at radius 2 is 2.04 bits per heavy atom. The van der Waals surface area contributed by atoms with Crippen molar-refractivity contribution in [3.63, 3.8) is 0 Å². The number of thiophene rings is 1. The Kier molecular flexibility index (Phi) is 5.16. The molecule has 1 N–H and O–H groups in total. The van der Waals surface area contributed by atoms with E-state index in [9.17, 15) is 9.18 Å². The van der Waals surface area contributed by atoms with Gasteiger partial charge in [-0.15, -0.1) is 11.3 Å². The first kappa shape index (κ1) is 16.9. The Morgan fingerprint density at radius 3 is 2.62 bits per heavy atom. The number of hydrogen-bond donors (Lipinski definition) is 1. The van der Waals surface area contributed by atoms with Gasteiger partial charge in [-0.05, 0) is 56.6 Å². The van der Waals surface area contributed by atoms with Crippen molar-refractivity contribution in [1.82, 2.24) is 4.90 Å². The van der Waals surface area contributed by atoms with Crippen LogP contribution in [0.4, 0.5) is 15.8 Å². The standard InChI is InChI=1S/C18H22FN3OS/c1-21(2)14-7-9-22(10-8-14)16-6-5-13(12-15(16)19)20-18(23)17-4-3-11-24-17/h3-6,11-12,14H,7-10H2,1-2H3,(H,20,23). The molecule has 1 aliphatic heterocycles. The van der Waals surface area contributed by atoms with E-state index in [-0.39, 0.29) is 11.7 Å². The van der Waals surface area contributed by atoms with E-state index in [2.05, 4.69) is 29.2 Å². The van der Waals surface area contributed by atoms with Crippen molar-refractivity contribution in [3.8, 4) is 0 Å². The number of carbonyl (C=O) groups is 1. The van der Waals surface area contributed by atoms with Gasteiger partial charge in [-0.1, -0.05) is 6.07 Å². The zero-order valence-electron chi connectivity index (χ0n) is 14.0. The summed E-state index contributed by atoms with van der Waals surface area (Å²) in [5.41, 5.74) is 1.10. The predicted octanol–water partition coefficient (Wildman–Crippen LogP) is 3.67. The van der Waals surface area contributed by atoms with Gasteiger partial charge >= 0.3 is 0 Å². The minimum absolute atomic E-state index is 0.205. The molecule has 6 heteroatoms. The second-order valence-electron chi connectivity index (χ2n) is 6.28. The minimum Gasteiger partial charge on any atom is -0.369 e. The first-order valence-corrected chi connectivity index (χ1v) is 8.98. The van der Waals surface area contributed by atoms with E-state index in [0.717, 1.165) is 25.9 Å². The van der Waals surface area contributed by atoms with Crippen LogP contribution in [0.25, 0.3) is 0 Å². The highest BCUT2D eigenvalue weighted by Gasteiger charge is 2.22. The number of anilines is 2. The molecule has 2 heterocycles. The lowest BCUT2D eigenvalue weighted by molar-refractivity contribution is 0.103. The van der Waals surface area contributed by atoms with Gasteiger partial charge in [0.15, 0.2) is 0 Å². The van der Waals surface area contributed by atoms with E-state index in [1.807, 2.05) is 11.4 Å². The molecule has 0 aliphatic carbocycles. The van der Waals surface area contributed by atoms with E-state index in [0.29, 0.717) is 22.3 Å². The molecule has 3 rings (SSSR count). The topological polar surface area (TPSA) is 35.6 Å². The molecule has 0 bridgehead atoms. The molecule has 1 aromatic carbocycles. The molecule has 1 amide bonds. The Morgan fingerprint density at radius 1 is 1.29 bits per heavy atom. The van der Waals surface area contributed by atoms with Gasteiger partial charge < -0.3 is 15.1 Å². The summed E-state index contributed by atoms with van der Waals surface area (Å²) in [5, 5.41) is 4.59. The zero-order valence-corrected chi connectivity index (χ0v) is 14.8. The van der Waals surface area contributed by atoms with Gasteiger partial charge in [0.2, 0.25) is 0 Å². The highest BCUT2D eigenvalue weighted by atomic mass is 32.1. The van der Waals surface area contributed by atoms with Crippen LogP contribution in [-0.4, -0.2) is 44.0 Å². The highest BCUT2D eigenvalue weighted by Crippen LogP contribution is 2.27. The van der Waals surface area contributed by atoms with Crippen molar-refractivity contribution in [3.05, 3.63) is 46.4 Å².